The first kappa shape index (κ1) is 6.62. The third kappa shape index (κ3) is 1.32. The van der Waals surface area contributed by atoms with Crippen molar-refractivity contribution in [2.24, 2.45) is 5.92 Å². The van der Waals surface area contributed by atoms with E-state index in [0.717, 1.165) is 18.0 Å². The van der Waals surface area contributed by atoms with Crippen molar-refractivity contribution in [2.75, 3.05) is 13.1 Å². The van der Waals surface area contributed by atoms with Crippen LogP contribution in [0.4, 0.5) is 0 Å². The maximum Gasteiger partial charge on any atom is 0.0232 e. The molecule has 2 rings (SSSR count). The Bertz CT molecular complexity index is 120. The van der Waals surface area contributed by atoms with Gasteiger partial charge in [-0.25, -0.2) is 0 Å². The van der Waals surface area contributed by atoms with Crippen LogP contribution in [-0.2, 0) is 0 Å². The molecular formula is C8H16N2. The van der Waals surface area contributed by atoms with E-state index in [1.165, 1.54) is 25.9 Å². The van der Waals surface area contributed by atoms with Gasteiger partial charge in [-0.2, -0.15) is 0 Å². The molecule has 2 N–H and O–H groups in total. The fourth-order valence-corrected chi connectivity index (χ4v) is 1.59. The van der Waals surface area contributed by atoms with Crippen LogP contribution in [0.5, 0.6) is 0 Å². The van der Waals surface area contributed by atoms with Crippen LogP contribution in [-0.4, -0.2) is 25.2 Å². The Labute approximate surface area is 62.4 Å². The van der Waals surface area contributed by atoms with Gasteiger partial charge in [0.1, 0.15) is 0 Å². The molecule has 0 radical (unpaired) electrons. The molecule has 0 aromatic heterocycles. The van der Waals surface area contributed by atoms with Crippen LogP contribution in [0.1, 0.15) is 19.8 Å². The van der Waals surface area contributed by atoms with E-state index in [-0.39, 0.29) is 0 Å². The lowest BCUT2D eigenvalue weighted by atomic mass is 10.1. The minimum atomic E-state index is 0.757. The van der Waals surface area contributed by atoms with Gasteiger partial charge in [0.15, 0.2) is 0 Å². The molecule has 1 aliphatic heterocycles. The third-order valence-corrected chi connectivity index (χ3v) is 2.54. The summed E-state index contributed by atoms with van der Waals surface area (Å²) < 4.78 is 0. The number of hydrogen-bond acceptors (Lipinski definition) is 2. The second-order valence-electron chi connectivity index (χ2n) is 3.68. The SMILES string of the molecule is C[C@H]1CNC[C@@H]1NC1CC1. The summed E-state index contributed by atoms with van der Waals surface area (Å²) in [4.78, 5) is 0. The fraction of sp³-hybridized carbons (Fsp3) is 1.00. The van der Waals surface area contributed by atoms with Crippen LogP contribution in [0.3, 0.4) is 0 Å². The third-order valence-electron chi connectivity index (χ3n) is 2.54. The van der Waals surface area contributed by atoms with Crippen LogP contribution in [0, 0.1) is 5.92 Å². The van der Waals surface area contributed by atoms with Gasteiger partial charge in [-0.15, -0.1) is 0 Å². The highest BCUT2D eigenvalue weighted by Crippen LogP contribution is 2.21. The number of rotatable bonds is 2. The van der Waals surface area contributed by atoms with Crippen molar-refractivity contribution in [3.63, 3.8) is 0 Å². The van der Waals surface area contributed by atoms with Crippen LogP contribution in [0.15, 0.2) is 0 Å². The molecule has 1 heterocycles. The lowest BCUT2D eigenvalue weighted by Crippen LogP contribution is -2.36. The van der Waals surface area contributed by atoms with Gasteiger partial charge in [-0.3, -0.25) is 0 Å². The van der Waals surface area contributed by atoms with Gasteiger partial charge in [-0.1, -0.05) is 6.92 Å². The van der Waals surface area contributed by atoms with E-state index >= 15 is 0 Å². The van der Waals surface area contributed by atoms with Crippen LogP contribution in [0.2, 0.25) is 0 Å². The van der Waals surface area contributed by atoms with Gasteiger partial charge < -0.3 is 10.6 Å². The molecule has 0 aromatic rings. The van der Waals surface area contributed by atoms with Gasteiger partial charge >= 0.3 is 0 Å². The minimum absolute atomic E-state index is 0.757. The maximum atomic E-state index is 3.64. The van der Waals surface area contributed by atoms with E-state index in [9.17, 15) is 0 Å². The molecule has 2 aliphatic rings. The second kappa shape index (κ2) is 2.51. The van der Waals surface area contributed by atoms with Crippen molar-refractivity contribution in [3.05, 3.63) is 0 Å². The Morgan fingerprint density at radius 2 is 2.10 bits per heavy atom. The molecule has 0 unspecified atom stereocenters. The summed E-state index contributed by atoms with van der Waals surface area (Å²) >= 11 is 0. The zero-order chi connectivity index (χ0) is 6.97. The number of nitrogens with one attached hydrogen (secondary N) is 2. The van der Waals surface area contributed by atoms with E-state index in [2.05, 4.69) is 17.6 Å². The van der Waals surface area contributed by atoms with E-state index in [4.69, 9.17) is 0 Å². The summed E-state index contributed by atoms with van der Waals surface area (Å²) in [7, 11) is 0. The normalized spacial score (nSPS) is 40.5. The smallest absolute Gasteiger partial charge is 0.0232 e. The zero-order valence-corrected chi connectivity index (χ0v) is 6.56. The average molecular weight is 140 g/mol. The Morgan fingerprint density at radius 3 is 2.60 bits per heavy atom. The quantitative estimate of drug-likeness (QED) is 0.578. The highest BCUT2D eigenvalue weighted by Gasteiger charge is 2.29. The highest BCUT2D eigenvalue weighted by atomic mass is 15.1. The van der Waals surface area contributed by atoms with E-state index in [0.29, 0.717) is 0 Å². The molecule has 1 aliphatic carbocycles. The molecular weight excluding hydrogens is 124 g/mol. The summed E-state index contributed by atoms with van der Waals surface area (Å²) in [5.41, 5.74) is 0. The summed E-state index contributed by atoms with van der Waals surface area (Å²) in [5.74, 6) is 0.834. The van der Waals surface area contributed by atoms with Crippen molar-refractivity contribution in [1.29, 1.82) is 0 Å². The van der Waals surface area contributed by atoms with Gasteiger partial charge in [0.2, 0.25) is 0 Å². The fourth-order valence-electron chi connectivity index (χ4n) is 1.59. The van der Waals surface area contributed by atoms with Crippen LogP contribution in [0.25, 0.3) is 0 Å². The standard InChI is InChI=1S/C8H16N2/c1-6-4-9-5-8(6)10-7-2-3-7/h6-10H,2-5H2,1H3/t6-,8-/m0/s1. The molecule has 2 nitrogen and oxygen atoms in total. The van der Waals surface area contributed by atoms with Crippen molar-refractivity contribution >= 4 is 0 Å². The molecule has 1 saturated heterocycles. The molecule has 2 fully saturated rings. The molecule has 0 amide bonds. The second-order valence-corrected chi connectivity index (χ2v) is 3.68. The Hall–Kier alpha value is -0.0800. The average Bonchev–Trinajstić information content (AvgIpc) is 2.62. The predicted octanol–water partition coefficient (Wildman–Crippen LogP) is 0.346. The van der Waals surface area contributed by atoms with Crippen LogP contribution < -0.4 is 10.6 Å². The minimum Gasteiger partial charge on any atom is -0.315 e. The Morgan fingerprint density at radius 1 is 1.30 bits per heavy atom. The van der Waals surface area contributed by atoms with Gasteiger partial charge in [-0.05, 0) is 25.3 Å². The van der Waals surface area contributed by atoms with Crippen LogP contribution >= 0.6 is 0 Å². The lowest BCUT2D eigenvalue weighted by molar-refractivity contribution is 0.451. The molecule has 2 atom stereocenters. The summed E-state index contributed by atoms with van der Waals surface area (Å²) in [6.07, 6.45) is 2.81. The molecule has 10 heavy (non-hydrogen) atoms. The lowest BCUT2D eigenvalue weighted by Gasteiger charge is -2.14. The molecule has 0 spiro atoms. The van der Waals surface area contributed by atoms with Gasteiger partial charge in [0.25, 0.3) is 0 Å². The monoisotopic (exact) mass is 140 g/mol. The first-order chi connectivity index (χ1) is 4.86. The molecule has 1 saturated carbocycles. The first-order valence-corrected chi connectivity index (χ1v) is 4.33. The molecule has 58 valence electrons. The van der Waals surface area contributed by atoms with E-state index < -0.39 is 0 Å². The topological polar surface area (TPSA) is 24.1 Å². The first-order valence-electron chi connectivity index (χ1n) is 4.33. The van der Waals surface area contributed by atoms with Crippen molar-refractivity contribution < 1.29 is 0 Å². The zero-order valence-electron chi connectivity index (χ0n) is 6.56. The van der Waals surface area contributed by atoms with E-state index in [1.54, 1.807) is 0 Å². The highest BCUT2D eigenvalue weighted by molar-refractivity contribution is 4.91. The van der Waals surface area contributed by atoms with Gasteiger partial charge in [0.05, 0.1) is 0 Å². The molecule has 0 aromatic carbocycles. The summed E-state index contributed by atoms with van der Waals surface area (Å²) in [5, 5.41) is 7.03. The molecule has 0 bridgehead atoms. The molecule has 2 heteroatoms. The van der Waals surface area contributed by atoms with E-state index in [1.807, 2.05) is 0 Å². The largest absolute Gasteiger partial charge is 0.315 e. The Balaban J connectivity index is 1.79. The van der Waals surface area contributed by atoms with Crippen molar-refractivity contribution in [3.8, 4) is 0 Å². The summed E-state index contributed by atoms with van der Waals surface area (Å²) in [6.45, 7) is 4.70. The Kier molecular flexibility index (Phi) is 1.66. The summed E-state index contributed by atoms with van der Waals surface area (Å²) in [6, 6.07) is 1.62. The predicted molar refractivity (Wildman–Crippen MR) is 42.0 cm³/mol. The van der Waals surface area contributed by atoms with Crippen molar-refractivity contribution in [2.45, 2.75) is 31.8 Å². The number of hydrogen-bond donors (Lipinski definition) is 2. The maximum absolute atomic E-state index is 3.64. The van der Waals surface area contributed by atoms with Crippen molar-refractivity contribution in [1.82, 2.24) is 10.6 Å². The van der Waals surface area contributed by atoms with Gasteiger partial charge in [0, 0.05) is 18.6 Å².